The maximum absolute atomic E-state index is 11.8. The van der Waals surface area contributed by atoms with Gasteiger partial charge in [-0.3, -0.25) is 0 Å². The van der Waals surface area contributed by atoms with Gasteiger partial charge in [0.15, 0.2) is 0 Å². The highest BCUT2D eigenvalue weighted by atomic mass is 16.6. The van der Waals surface area contributed by atoms with Crippen LogP contribution in [0.15, 0.2) is 52.2 Å². The van der Waals surface area contributed by atoms with Gasteiger partial charge in [0.2, 0.25) is 5.76 Å². The lowest BCUT2D eigenvalue weighted by atomic mass is 10.1. The SMILES string of the molecule is CO/N=C(\C)c1ccccc1OC(=O)c1ccco1. The number of nitrogens with zero attached hydrogens (tertiary/aromatic N) is 1. The summed E-state index contributed by atoms with van der Waals surface area (Å²) < 4.78 is 10.3. The van der Waals surface area contributed by atoms with Gasteiger partial charge in [-0.1, -0.05) is 17.3 Å². The van der Waals surface area contributed by atoms with Crippen LogP contribution in [0.1, 0.15) is 23.0 Å². The molecule has 0 aliphatic rings. The Bertz CT molecular complexity index is 587. The van der Waals surface area contributed by atoms with E-state index in [9.17, 15) is 4.79 Å². The highest BCUT2D eigenvalue weighted by molar-refractivity contribution is 6.01. The maximum Gasteiger partial charge on any atom is 0.379 e. The van der Waals surface area contributed by atoms with Gasteiger partial charge in [0.25, 0.3) is 0 Å². The van der Waals surface area contributed by atoms with E-state index < -0.39 is 5.97 Å². The van der Waals surface area contributed by atoms with Crippen molar-refractivity contribution in [3.8, 4) is 5.75 Å². The van der Waals surface area contributed by atoms with Crippen molar-refractivity contribution in [3.05, 3.63) is 54.0 Å². The number of carbonyl (C=O) groups excluding carboxylic acids is 1. The van der Waals surface area contributed by atoms with Crippen LogP contribution in [0.25, 0.3) is 0 Å². The van der Waals surface area contributed by atoms with Crippen LogP contribution in [0, 0.1) is 0 Å². The molecule has 1 aromatic heterocycles. The van der Waals surface area contributed by atoms with Crippen LogP contribution in [0.3, 0.4) is 0 Å². The second-order valence-electron chi connectivity index (χ2n) is 3.72. The summed E-state index contributed by atoms with van der Waals surface area (Å²) in [6, 6.07) is 10.2. The van der Waals surface area contributed by atoms with Crippen molar-refractivity contribution in [2.24, 2.45) is 5.16 Å². The van der Waals surface area contributed by atoms with E-state index in [0.29, 0.717) is 17.0 Å². The van der Waals surface area contributed by atoms with Crippen molar-refractivity contribution in [2.75, 3.05) is 7.11 Å². The van der Waals surface area contributed by atoms with Crippen LogP contribution in [-0.2, 0) is 4.84 Å². The standard InChI is InChI=1S/C14H13NO4/c1-10(15-17-2)11-6-3-4-7-12(11)19-14(16)13-8-5-9-18-13/h3-9H,1-2H3/b15-10+. The molecule has 1 heterocycles. The number of oxime groups is 1. The van der Waals surface area contributed by atoms with Crippen molar-refractivity contribution in [1.29, 1.82) is 0 Å². The third-order valence-electron chi connectivity index (χ3n) is 2.43. The molecule has 0 radical (unpaired) electrons. The molecule has 0 N–H and O–H groups in total. The van der Waals surface area contributed by atoms with Gasteiger partial charge in [-0.05, 0) is 31.2 Å². The van der Waals surface area contributed by atoms with Gasteiger partial charge in [-0.2, -0.15) is 0 Å². The average Bonchev–Trinajstić information content (AvgIpc) is 2.93. The second-order valence-corrected chi connectivity index (χ2v) is 3.72. The minimum Gasteiger partial charge on any atom is -0.457 e. The molecule has 5 nitrogen and oxygen atoms in total. The predicted octanol–water partition coefficient (Wildman–Crippen LogP) is 2.87. The number of hydrogen-bond donors (Lipinski definition) is 0. The first-order valence-electron chi connectivity index (χ1n) is 5.65. The molecule has 0 aliphatic heterocycles. The Labute approximate surface area is 110 Å². The zero-order valence-electron chi connectivity index (χ0n) is 10.6. The molecule has 0 bridgehead atoms. The number of carbonyl (C=O) groups is 1. The van der Waals surface area contributed by atoms with Crippen LogP contribution >= 0.6 is 0 Å². The molecule has 0 unspecified atom stereocenters. The lowest BCUT2D eigenvalue weighted by molar-refractivity contribution is 0.0701. The summed E-state index contributed by atoms with van der Waals surface area (Å²) in [5, 5.41) is 3.83. The Balaban J connectivity index is 2.26. The van der Waals surface area contributed by atoms with E-state index in [1.54, 1.807) is 37.3 Å². The van der Waals surface area contributed by atoms with Crippen LogP contribution < -0.4 is 4.74 Å². The van der Waals surface area contributed by atoms with Crippen LogP contribution in [0.4, 0.5) is 0 Å². The van der Waals surface area contributed by atoms with Crippen LogP contribution in [-0.4, -0.2) is 18.8 Å². The first-order valence-corrected chi connectivity index (χ1v) is 5.65. The zero-order chi connectivity index (χ0) is 13.7. The van der Waals surface area contributed by atoms with Crippen LogP contribution in [0.2, 0.25) is 0 Å². The first kappa shape index (κ1) is 12.9. The Morgan fingerprint density at radius 3 is 2.68 bits per heavy atom. The summed E-state index contributed by atoms with van der Waals surface area (Å²) in [6.07, 6.45) is 1.42. The average molecular weight is 259 g/mol. The van der Waals surface area contributed by atoms with E-state index in [0.717, 1.165) is 0 Å². The van der Waals surface area contributed by atoms with Gasteiger partial charge >= 0.3 is 5.97 Å². The first-order chi connectivity index (χ1) is 9.22. The molecule has 0 saturated carbocycles. The van der Waals surface area contributed by atoms with E-state index in [1.165, 1.54) is 13.4 Å². The summed E-state index contributed by atoms with van der Waals surface area (Å²) in [6.45, 7) is 1.77. The van der Waals surface area contributed by atoms with Crippen LogP contribution in [0.5, 0.6) is 5.75 Å². The van der Waals surface area contributed by atoms with Gasteiger partial charge in [0.1, 0.15) is 12.9 Å². The molecule has 0 spiro atoms. The monoisotopic (exact) mass is 259 g/mol. The number of hydrogen-bond acceptors (Lipinski definition) is 5. The number of ether oxygens (including phenoxy) is 1. The normalized spacial score (nSPS) is 11.2. The minimum absolute atomic E-state index is 0.149. The van der Waals surface area contributed by atoms with Crippen molar-refractivity contribution in [3.63, 3.8) is 0 Å². The second kappa shape index (κ2) is 5.86. The molecule has 2 rings (SSSR count). The molecule has 5 heteroatoms. The minimum atomic E-state index is -0.553. The smallest absolute Gasteiger partial charge is 0.379 e. The summed E-state index contributed by atoms with van der Waals surface area (Å²) in [7, 11) is 1.46. The Kier molecular flexibility index (Phi) is 3.97. The van der Waals surface area contributed by atoms with E-state index in [4.69, 9.17) is 14.0 Å². The van der Waals surface area contributed by atoms with Crippen molar-refractivity contribution < 1.29 is 18.8 Å². The molecular weight excluding hydrogens is 246 g/mol. The highest BCUT2D eigenvalue weighted by Crippen LogP contribution is 2.20. The number of rotatable bonds is 4. The van der Waals surface area contributed by atoms with E-state index in [2.05, 4.69) is 5.16 Å². The molecule has 19 heavy (non-hydrogen) atoms. The lowest BCUT2D eigenvalue weighted by Gasteiger charge is -2.08. The quantitative estimate of drug-likeness (QED) is 0.366. The molecule has 0 saturated heterocycles. The molecule has 2 aromatic rings. The molecule has 1 aromatic carbocycles. The van der Waals surface area contributed by atoms with Crippen molar-refractivity contribution >= 4 is 11.7 Å². The molecule has 0 amide bonds. The Morgan fingerprint density at radius 1 is 1.21 bits per heavy atom. The van der Waals surface area contributed by atoms with E-state index in [-0.39, 0.29) is 5.76 Å². The van der Waals surface area contributed by atoms with Gasteiger partial charge in [-0.25, -0.2) is 4.79 Å². The Hall–Kier alpha value is -2.56. The topological polar surface area (TPSA) is 61.0 Å². The van der Waals surface area contributed by atoms with E-state index in [1.807, 2.05) is 6.07 Å². The molecule has 0 fully saturated rings. The van der Waals surface area contributed by atoms with E-state index >= 15 is 0 Å². The van der Waals surface area contributed by atoms with Crippen molar-refractivity contribution in [2.45, 2.75) is 6.92 Å². The number of benzene rings is 1. The zero-order valence-corrected chi connectivity index (χ0v) is 10.6. The number of para-hydroxylation sites is 1. The maximum atomic E-state index is 11.8. The summed E-state index contributed by atoms with van der Waals surface area (Å²) in [5.74, 6) is 0.000929. The molecule has 0 aliphatic carbocycles. The fourth-order valence-electron chi connectivity index (χ4n) is 1.59. The van der Waals surface area contributed by atoms with Gasteiger partial charge in [-0.15, -0.1) is 0 Å². The molecule has 0 atom stereocenters. The van der Waals surface area contributed by atoms with Gasteiger partial charge in [0, 0.05) is 5.56 Å². The predicted molar refractivity (Wildman–Crippen MR) is 69.3 cm³/mol. The largest absolute Gasteiger partial charge is 0.457 e. The lowest BCUT2D eigenvalue weighted by Crippen LogP contribution is -2.10. The highest BCUT2D eigenvalue weighted by Gasteiger charge is 2.14. The fraction of sp³-hybridized carbons (Fsp3) is 0.143. The van der Waals surface area contributed by atoms with Gasteiger partial charge < -0.3 is 14.0 Å². The molecule has 98 valence electrons. The third-order valence-corrected chi connectivity index (χ3v) is 2.43. The molecular formula is C14H13NO4. The van der Waals surface area contributed by atoms with Gasteiger partial charge in [0.05, 0.1) is 12.0 Å². The van der Waals surface area contributed by atoms with Crippen molar-refractivity contribution in [1.82, 2.24) is 0 Å². The third kappa shape index (κ3) is 3.01. The Morgan fingerprint density at radius 2 is 2.00 bits per heavy atom. The number of furan rings is 1. The summed E-state index contributed by atoms with van der Waals surface area (Å²) >= 11 is 0. The number of esters is 1. The fourth-order valence-corrected chi connectivity index (χ4v) is 1.59. The summed E-state index contributed by atoms with van der Waals surface area (Å²) in [4.78, 5) is 16.5. The summed E-state index contributed by atoms with van der Waals surface area (Å²) in [5.41, 5.74) is 1.30.